The molecule has 2 aromatic carbocycles. The second kappa shape index (κ2) is 10.6. The van der Waals surface area contributed by atoms with Crippen molar-refractivity contribution in [2.75, 3.05) is 23.5 Å². The Kier molecular flexibility index (Phi) is 7.92. The van der Waals surface area contributed by atoms with Crippen LogP contribution in [0.25, 0.3) is 0 Å². The van der Waals surface area contributed by atoms with E-state index < -0.39 is 0 Å². The molecule has 3 aromatic rings. The molecule has 0 atom stereocenters. The van der Waals surface area contributed by atoms with Crippen molar-refractivity contribution in [3.05, 3.63) is 53.6 Å². The number of rotatable bonds is 9. The lowest BCUT2D eigenvalue weighted by Crippen LogP contribution is -2.17. The number of nitrogens with zero attached hydrogens (tertiary/aromatic N) is 2. The second-order valence-corrected chi connectivity index (χ2v) is 9.86. The van der Waals surface area contributed by atoms with Crippen molar-refractivity contribution < 1.29 is 9.53 Å². The highest BCUT2D eigenvalue weighted by atomic mass is 32.2. The Labute approximate surface area is 191 Å². The van der Waals surface area contributed by atoms with E-state index in [-0.39, 0.29) is 11.7 Å². The molecule has 0 unspecified atom stereocenters. The van der Waals surface area contributed by atoms with Gasteiger partial charge in [-0.15, -0.1) is 10.2 Å². The van der Waals surface area contributed by atoms with Crippen LogP contribution in [0, 0.1) is 0 Å². The van der Waals surface area contributed by atoms with Crippen molar-refractivity contribution >= 4 is 45.5 Å². The summed E-state index contributed by atoms with van der Waals surface area (Å²) < 4.78 is 6.08. The van der Waals surface area contributed by atoms with Crippen LogP contribution in [0.2, 0.25) is 0 Å². The van der Waals surface area contributed by atoms with Crippen LogP contribution >= 0.6 is 23.1 Å². The van der Waals surface area contributed by atoms with Crippen LogP contribution in [-0.4, -0.2) is 29.0 Å². The highest BCUT2D eigenvalue weighted by Crippen LogP contribution is 2.34. The highest BCUT2D eigenvalue weighted by molar-refractivity contribution is 8.01. The number of benzene rings is 2. The third kappa shape index (κ3) is 5.98. The number of nitrogens with one attached hydrogen (secondary N) is 2. The minimum absolute atomic E-state index is 0.0468. The summed E-state index contributed by atoms with van der Waals surface area (Å²) in [6, 6.07) is 13.9. The lowest BCUT2D eigenvalue weighted by Gasteiger charge is -2.20. The maximum absolute atomic E-state index is 12.7. The maximum Gasteiger partial charge on any atom is 0.234 e. The summed E-state index contributed by atoms with van der Waals surface area (Å²) in [5.41, 5.74) is 4.07. The van der Waals surface area contributed by atoms with Gasteiger partial charge < -0.3 is 15.4 Å². The molecule has 0 radical (unpaired) electrons. The third-order valence-corrected chi connectivity index (χ3v) is 6.69. The molecule has 2 N–H and O–H groups in total. The van der Waals surface area contributed by atoms with Crippen molar-refractivity contribution in [3.63, 3.8) is 0 Å². The average Bonchev–Trinajstić information content (AvgIpc) is 3.19. The summed E-state index contributed by atoms with van der Waals surface area (Å²) in [5, 5.41) is 15.4. The Morgan fingerprint density at radius 2 is 1.71 bits per heavy atom. The van der Waals surface area contributed by atoms with Crippen LogP contribution in [0.3, 0.4) is 0 Å². The number of anilines is 3. The smallest absolute Gasteiger partial charge is 0.234 e. The fourth-order valence-corrected chi connectivity index (χ4v) is 4.74. The summed E-state index contributed by atoms with van der Waals surface area (Å²) in [6.45, 7) is 8.56. The number of hydrogen-bond donors (Lipinski definition) is 2. The Balaban J connectivity index is 1.64. The van der Waals surface area contributed by atoms with E-state index in [2.05, 4.69) is 66.7 Å². The van der Waals surface area contributed by atoms with E-state index in [1.165, 1.54) is 23.1 Å². The van der Waals surface area contributed by atoms with Gasteiger partial charge in [0.05, 0.1) is 18.6 Å². The first kappa shape index (κ1) is 23.1. The van der Waals surface area contributed by atoms with Gasteiger partial charge in [-0.05, 0) is 35.1 Å². The number of aromatic nitrogens is 2. The van der Waals surface area contributed by atoms with Gasteiger partial charge in [-0.2, -0.15) is 0 Å². The monoisotopic (exact) mass is 456 g/mol. The number of hydrogen-bond acceptors (Lipinski definition) is 7. The molecule has 1 aromatic heterocycles. The lowest BCUT2D eigenvalue weighted by molar-refractivity contribution is -0.113. The first-order valence-electron chi connectivity index (χ1n) is 10.2. The minimum atomic E-state index is -0.0468. The van der Waals surface area contributed by atoms with Crippen molar-refractivity contribution in [1.29, 1.82) is 0 Å². The molecule has 0 bridgehead atoms. The molecular formula is C23H28N4O2S2. The predicted molar refractivity (Wildman–Crippen MR) is 130 cm³/mol. The molecule has 3 rings (SSSR count). The zero-order valence-electron chi connectivity index (χ0n) is 18.4. The zero-order chi connectivity index (χ0) is 22.4. The fourth-order valence-electron chi connectivity index (χ4n) is 3.18. The lowest BCUT2D eigenvalue weighted by atomic mass is 9.92. The molecule has 0 saturated heterocycles. The van der Waals surface area contributed by atoms with Gasteiger partial charge in [0.2, 0.25) is 11.0 Å². The minimum Gasteiger partial charge on any atom is -0.495 e. The third-order valence-electron chi connectivity index (χ3n) is 4.72. The average molecular weight is 457 g/mol. The molecule has 8 heteroatoms. The van der Waals surface area contributed by atoms with Gasteiger partial charge in [0.1, 0.15) is 5.75 Å². The van der Waals surface area contributed by atoms with Gasteiger partial charge in [-0.1, -0.05) is 81.1 Å². The standard InChI is InChI=1S/C23H28N4O2S2/c1-14(2)16-9-8-10-17(15(3)4)21(16)25-20(28)13-30-23-27-26-22(31-23)24-18-11-6-7-12-19(18)29-5/h6-12,14-15H,13H2,1-5H3,(H,24,26)(H,25,28). The van der Waals surface area contributed by atoms with Gasteiger partial charge >= 0.3 is 0 Å². The van der Waals surface area contributed by atoms with Gasteiger partial charge in [0.25, 0.3) is 0 Å². The number of carbonyl (C=O) groups excluding carboxylic acids is 1. The summed E-state index contributed by atoms with van der Waals surface area (Å²) in [5.74, 6) is 1.61. The second-order valence-electron chi connectivity index (χ2n) is 7.66. The molecule has 0 saturated carbocycles. The SMILES string of the molecule is COc1ccccc1Nc1nnc(SCC(=O)Nc2c(C(C)C)cccc2C(C)C)s1. The van der Waals surface area contributed by atoms with Crippen molar-refractivity contribution in [1.82, 2.24) is 10.2 Å². The van der Waals surface area contributed by atoms with Gasteiger partial charge in [-0.25, -0.2) is 0 Å². The number of amides is 1. The van der Waals surface area contributed by atoms with Crippen LogP contribution in [0.4, 0.5) is 16.5 Å². The Bertz CT molecular complexity index is 1010. The van der Waals surface area contributed by atoms with E-state index in [4.69, 9.17) is 4.74 Å². The van der Waals surface area contributed by atoms with Gasteiger partial charge in [0.15, 0.2) is 4.34 Å². The summed E-state index contributed by atoms with van der Waals surface area (Å²) in [4.78, 5) is 12.7. The van der Waals surface area contributed by atoms with Gasteiger partial charge in [0, 0.05) is 5.69 Å². The first-order chi connectivity index (χ1) is 14.9. The van der Waals surface area contributed by atoms with E-state index in [0.717, 1.165) is 32.6 Å². The van der Waals surface area contributed by atoms with Crippen molar-refractivity contribution in [3.8, 4) is 5.75 Å². The van der Waals surface area contributed by atoms with Crippen molar-refractivity contribution in [2.45, 2.75) is 43.9 Å². The fraction of sp³-hybridized carbons (Fsp3) is 0.348. The largest absolute Gasteiger partial charge is 0.495 e. The number of carbonyl (C=O) groups is 1. The molecular weight excluding hydrogens is 428 g/mol. The summed E-state index contributed by atoms with van der Waals surface area (Å²) >= 11 is 2.78. The number of para-hydroxylation sites is 3. The van der Waals surface area contributed by atoms with E-state index in [1.54, 1.807) is 7.11 Å². The molecule has 0 fully saturated rings. The molecule has 31 heavy (non-hydrogen) atoms. The van der Waals surface area contributed by atoms with E-state index in [0.29, 0.717) is 17.0 Å². The van der Waals surface area contributed by atoms with E-state index in [9.17, 15) is 4.79 Å². The number of methoxy groups -OCH3 is 1. The van der Waals surface area contributed by atoms with Gasteiger partial charge in [-0.3, -0.25) is 4.79 Å². The quantitative estimate of drug-likeness (QED) is 0.370. The molecule has 0 spiro atoms. The Hall–Kier alpha value is -2.58. The topological polar surface area (TPSA) is 76.1 Å². The van der Waals surface area contributed by atoms with Crippen molar-refractivity contribution in [2.24, 2.45) is 0 Å². The van der Waals surface area contributed by atoms with Crippen LogP contribution < -0.4 is 15.4 Å². The zero-order valence-corrected chi connectivity index (χ0v) is 20.1. The van der Waals surface area contributed by atoms with E-state index >= 15 is 0 Å². The molecule has 0 aliphatic heterocycles. The maximum atomic E-state index is 12.7. The molecule has 0 aliphatic carbocycles. The molecule has 1 amide bonds. The Morgan fingerprint density at radius 1 is 1.03 bits per heavy atom. The first-order valence-corrected chi connectivity index (χ1v) is 12.0. The normalized spacial score (nSPS) is 11.1. The molecule has 0 aliphatic rings. The molecule has 164 valence electrons. The molecule has 6 nitrogen and oxygen atoms in total. The number of ether oxygens (including phenoxy) is 1. The number of thioether (sulfide) groups is 1. The predicted octanol–water partition coefficient (Wildman–Crippen LogP) is 6.27. The van der Waals surface area contributed by atoms with Crippen LogP contribution in [0.15, 0.2) is 46.8 Å². The van der Waals surface area contributed by atoms with Crippen LogP contribution in [0.1, 0.15) is 50.7 Å². The molecule has 1 heterocycles. The summed E-state index contributed by atoms with van der Waals surface area (Å²) in [6.07, 6.45) is 0. The van der Waals surface area contributed by atoms with Crippen LogP contribution in [-0.2, 0) is 4.79 Å². The summed E-state index contributed by atoms with van der Waals surface area (Å²) in [7, 11) is 1.63. The highest BCUT2D eigenvalue weighted by Gasteiger charge is 2.17. The van der Waals surface area contributed by atoms with E-state index in [1.807, 2.05) is 24.3 Å². The Morgan fingerprint density at radius 3 is 2.35 bits per heavy atom. The van der Waals surface area contributed by atoms with Crippen LogP contribution in [0.5, 0.6) is 5.75 Å².